The molecule has 0 bridgehead atoms. The van der Waals surface area contributed by atoms with Gasteiger partial charge in [0.2, 0.25) is 5.91 Å². The molecule has 1 atom stereocenters. The molecule has 2 rings (SSSR count). The first-order valence-corrected chi connectivity index (χ1v) is 7.81. The number of halogens is 4. The number of pyridine rings is 1. The zero-order valence-electron chi connectivity index (χ0n) is 12.0. The van der Waals surface area contributed by atoms with Crippen LogP contribution in [0.1, 0.15) is 24.2 Å². The summed E-state index contributed by atoms with van der Waals surface area (Å²) in [7, 11) is 0. The molecular weight excluding hydrogens is 392 g/mol. The summed E-state index contributed by atoms with van der Waals surface area (Å²) in [6, 6.07) is 6.09. The van der Waals surface area contributed by atoms with Crippen LogP contribution in [0.2, 0.25) is 0 Å². The number of rotatable bonds is 5. The van der Waals surface area contributed by atoms with Gasteiger partial charge >= 0.3 is 0 Å². The highest BCUT2D eigenvalue weighted by atomic mass is 79.9. The summed E-state index contributed by atoms with van der Waals surface area (Å²) in [4.78, 5) is 18.0. The molecule has 8 heteroatoms. The number of carbonyl (C=O) groups is 1. The monoisotopic (exact) mass is 403 g/mol. The van der Waals surface area contributed by atoms with Gasteiger partial charge in [-0.05, 0) is 64.0 Å². The Balaban J connectivity index is 2.31. The highest BCUT2D eigenvalue weighted by Gasteiger charge is 2.18. The minimum Gasteiger partial charge on any atom is -0.311 e. The fourth-order valence-corrected chi connectivity index (χ4v) is 2.78. The van der Waals surface area contributed by atoms with Gasteiger partial charge in [0.05, 0.1) is 11.7 Å². The standard InChI is InChI=1S/C15H13BrClF2N3O/c1-8(23)20-14-3-2-12(16)15(21-14)13(22-17)6-9-4-10(18)7-11(19)5-9/h2-5,7,13,22H,6H2,1H3,(H,20,21,23). The van der Waals surface area contributed by atoms with Crippen molar-refractivity contribution in [1.29, 1.82) is 0 Å². The minimum atomic E-state index is -0.660. The Kier molecular flexibility index (Phi) is 6.04. The Labute approximate surface area is 145 Å². The van der Waals surface area contributed by atoms with E-state index in [1.54, 1.807) is 12.1 Å². The summed E-state index contributed by atoms with van der Waals surface area (Å²) in [5.41, 5.74) is 0.940. The second-order valence-corrected chi connectivity index (χ2v) is 5.96. The average Bonchev–Trinajstić information content (AvgIpc) is 2.45. The number of anilines is 1. The summed E-state index contributed by atoms with van der Waals surface area (Å²) in [5, 5.41) is 2.57. The summed E-state index contributed by atoms with van der Waals surface area (Å²) < 4.78 is 27.3. The smallest absolute Gasteiger partial charge is 0.222 e. The number of carbonyl (C=O) groups excluding carboxylic acids is 1. The lowest BCUT2D eigenvalue weighted by atomic mass is 10.0. The first-order valence-electron chi connectivity index (χ1n) is 6.64. The number of hydrogen-bond donors (Lipinski definition) is 2. The predicted octanol–water partition coefficient (Wildman–Crippen LogP) is 4.11. The van der Waals surface area contributed by atoms with E-state index in [1.807, 2.05) is 0 Å². The SMILES string of the molecule is CC(=O)Nc1ccc(Br)c(C(Cc2cc(F)cc(F)c2)NCl)n1. The van der Waals surface area contributed by atoms with E-state index in [0.29, 0.717) is 21.5 Å². The number of amides is 1. The van der Waals surface area contributed by atoms with Gasteiger partial charge in [-0.3, -0.25) is 4.79 Å². The first-order chi connectivity index (χ1) is 10.9. The van der Waals surface area contributed by atoms with E-state index in [9.17, 15) is 13.6 Å². The third-order valence-corrected chi connectivity index (χ3v) is 3.94. The van der Waals surface area contributed by atoms with E-state index >= 15 is 0 Å². The summed E-state index contributed by atoms with van der Waals surface area (Å²) in [6.07, 6.45) is 0.216. The molecule has 0 aliphatic heterocycles. The van der Waals surface area contributed by atoms with E-state index in [2.05, 4.69) is 31.1 Å². The number of hydrogen-bond acceptors (Lipinski definition) is 3. The van der Waals surface area contributed by atoms with E-state index in [-0.39, 0.29) is 12.3 Å². The van der Waals surface area contributed by atoms with Gasteiger partial charge in [-0.2, -0.15) is 0 Å². The van der Waals surface area contributed by atoms with Gasteiger partial charge in [0.25, 0.3) is 0 Å². The summed E-state index contributed by atoms with van der Waals surface area (Å²) >= 11 is 9.13. The van der Waals surface area contributed by atoms with Gasteiger partial charge in [0, 0.05) is 17.5 Å². The molecule has 0 aliphatic carbocycles. The van der Waals surface area contributed by atoms with Crippen LogP contribution in [0.5, 0.6) is 0 Å². The minimum absolute atomic E-state index is 0.216. The highest BCUT2D eigenvalue weighted by Crippen LogP contribution is 2.27. The fraction of sp³-hybridized carbons (Fsp3) is 0.200. The second kappa shape index (κ2) is 7.81. The van der Waals surface area contributed by atoms with Gasteiger partial charge in [0.15, 0.2) is 0 Å². The largest absolute Gasteiger partial charge is 0.311 e. The third kappa shape index (κ3) is 4.95. The molecule has 0 saturated carbocycles. The number of nitrogens with one attached hydrogen (secondary N) is 2. The van der Waals surface area contributed by atoms with Crippen LogP contribution in [0, 0.1) is 11.6 Å². The maximum atomic E-state index is 13.3. The lowest BCUT2D eigenvalue weighted by Crippen LogP contribution is -2.18. The van der Waals surface area contributed by atoms with Crippen molar-refractivity contribution in [1.82, 2.24) is 9.82 Å². The molecule has 0 saturated heterocycles. The van der Waals surface area contributed by atoms with Crippen LogP contribution in [0.25, 0.3) is 0 Å². The molecule has 0 fully saturated rings. The van der Waals surface area contributed by atoms with Crippen molar-refractivity contribution < 1.29 is 13.6 Å². The quantitative estimate of drug-likeness (QED) is 0.738. The fourth-order valence-electron chi connectivity index (χ4n) is 2.10. The van der Waals surface area contributed by atoms with Crippen molar-refractivity contribution >= 4 is 39.4 Å². The van der Waals surface area contributed by atoms with Crippen LogP contribution in [-0.4, -0.2) is 10.9 Å². The van der Waals surface area contributed by atoms with Crippen molar-refractivity contribution in [3.8, 4) is 0 Å². The van der Waals surface area contributed by atoms with Crippen LogP contribution in [0.15, 0.2) is 34.8 Å². The lowest BCUT2D eigenvalue weighted by molar-refractivity contribution is -0.114. The maximum Gasteiger partial charge on any atom is 0.222 e. The Morgan fingerprint density at radius 2 is 1.96 bits per heavy atom. The molecule has 2 aromatic rings. The van der Waals surface area contributed by atoms with Crippen LogP contribution in [0.4, 0.5) is 14.6 Å². The molecule has 1 amide bonds. The Hall–Kier alpha value is -1.57. The van der Waals surface area contributed by atoms with Crippen molar-refractivity contribution in [3.63, 3.8) is 0 Å². The molecule has 122 valence electrons. The normalized spacial score (nSPS) is 12.0. The molecule has 2 N–H and O–H groups in total. The van der Waals surface area contributed by atoms with Gasteiger partial charge < -0.3 is 5.32 Å². The number of aromatic nitrogens is 1. The molecule has 0 aliphatic rings. The molecule has 1 aromatic heterocycles. The van der Waals surface area contributed by atoms with Crippen LogP contribution in [-0.2, 0) is 11.2 Å². The number of benzene rings is 1. The molecule has 1 unspecified atom stereocenters. The van der Waals surface area contributed by atoms with Gasteiger partial charge in [-0.15, -0.1) is 0 Å². The molecular formula is C15H13BrClF2N3O. The molecule has 1 heterocycles. The highest BCUT2D eigenvalue weighted by molar-refractivity contribution is 9.10. The Bertz CT molecular complexity index is 710. The zero-order chi connectivity index (χ0) is 17.0. The van der Waals surface area contributed by atoms with Crippen LogP contribution in [0.3, 0.4) is 0 Å². The van der Waals surface area contributed by atoms with Crippen molar-refractivity contribution in [2.45, 2.75) is 19.4 Å². The first kappa shape index (κ1) is 17.8. The van der Waals surface area contributed by atoms with E-state index in [1.165, 1.54) is 19.1 Å². The zero-order valence-corrected chi connectivity index (χ0v) is 14.4. The van der Waals surface area contributed by atoms with E-state index in [4.69, 9.17) is 11.8 Å². The second-order valence-electron chi connectivity index (χ2n) is 4.89. The average molecular weight is 405 g/mol. The van der Waals surface area contributed by atoms with Gasteiger partial charge in [-0.1, -0.05) is 0 Å². The van der Waals surface area contributed by atoms with Crippen molar-refractivity contribution in [2.24, 2.45) is 0 Å². The molecule has 1 aromatic carbocycles. The third-order valence-electron chi connectivity index (χ3n) is 3.00. The van der Waals surface area contributed by atoms with Crippen LogP contribution >= 0.6 is 27.7 Å². The van der Waals surface area contributed by atoms with Gasteiger partial charge in [-0.25, -0.2) is 18.6 Å². The van der Waals surface area contributed by atoms with Gasteiger partial charge in [0.1, 0.15) is 17.5 Å². The molecule has 0 spiro atoms. The Morgan fingerprint density at radius 1 is 1.30 bits per heavy atom. The van der Waals surface area contributed by atoms with Crippen molar-refractivity contribution in [2.75, 3.05) is 5.32 Å². The predicted molar refractivity (Wildman–Crippen MR) is 88.0 cm³/mol. The van der Waals surface area contributed by atoms with E-state index in [0.717, 1.165) is 6.07 Å². The molecule has 4 nitrogen and oxygen atoms in total. The summed E-state index contributed by atoms with van der Waals surface area (Å²) in [5.74, 6) is -1.22. The lowest BCUT2D eigenvalue weighted by Gasteiger charge is -2.17. The van der Waals surface area contributed by atoms with E-state index < -0.39 is 17.7 Å². The Morgan fingerprint density at radius 3 is 2.52 bits per heavy atom. The van der Waals surface area contributed by atoms with Crippen LogP contribution < -0.4 is 10.2 Å². The molecule has 0 radical (unpaired) electrons. The van der Waals surface area contributed by atoms with Crippen molar-refractivity contribution in [3.05, 3.63) is 57.7 Å². The summed E-state index contributed by atoms with van der Waals surface area (Å²) in [6.45, 7) is 1.37. The maximum absolute atomic E-state index is 13.3. The number of nitrogens with zero attached hydrogens (tertiary/aromatic N) is 1. The topological polar surface area (TPSA) is 54.0 Å². The molecule has 23 heavy (non-hydrogen) atoms.